The fourth-order valence-corrected chi connectivity index (χ4v) is 5.71. The van der Waals surface area contributed by atoms with Crippen LogP contribution in [0, 0.1) is 6.92 Å². The van der Waals surface area contributed by atoms with Gasteiger partial charge in [-0.3, -0.25) is 9.59 Å². The monoisotopic (exact) mass is 541 g/mol. The third kappa shape index (κ3) is 6.01. The van der Waals surface area contributed by atoms with Gasteiger partial charge in [-0.1, -0.05) is 66.2 Å². The number of thioether (sulfide) groups is 1. The zero-order valence-corrected chi connectivity index (χ0v) is 22.0. The molecule has 0 radical (unpaired) electrons. The number of hydrogen-bond acceptors (Lipinski definition) is 6. The van der Waals surface area contributed by atoms with Crippen LogP contribution >= 0.6 is 11.8 Å². The normalized spacial score (nSPS) is 15.7. The zero-order valence-electron chi connectivity index (χ0n) is 20.3. The maximum absolute atomic E-state index is 12.5. The third-order valence-corrected chi connectivity index (χ3v) is 8.13. The zero-order chi connectivity index (χ0) is 26.7. The Morgan fingerprint density at radius 2 is 1.66 bits per heavy atom. The van der Waals surface area contributed by atoms with Crippen molar-refractivity contribution in [1.29, 1.82) is 0 Å². The Kier molecular flexibility index (Phi) is 7.13. The standard InChI is InChI=1S/C29H23N3O4S2/c1-19-6-14-25(15-7-19)38(35,36)32-27(33)18-20-9-12-24(13-10-20)30-29-31-28(34)26(37-29)17-21-8-11-22-4-2-3-5-23(22)16-21/h2-17H,18H2,1H3,(H,32,33)(H,30,31,34)/b26-17+. The minimum absolute atomic E-state index is 0.0350. The van der Waals surface area contributed by atoms with Gasteiger partial charge in [0.2, 0.25) is 5.91 Å². The average molecular weight is 542 g/mol. The summed E-state index contributed by atoms with van der Waals surface area (Å²) >= 11 is 1.25. The van der Waals surface area contributed by atoms with Crippen molar-refractivity contribution >= 4 is 61.3 Å². The molecule has 190 valence electrons. The number of hydrogen-bond donors (Lipinski definition) is 2. The van der Waals surface area contributed by atoms with E-state index in [2.05, 4.69) is 15.0 Å². The number of nitrogens with one attached hydrogen (secondary N) is 2. The highest BCUT2D eigenvalue weighted by molar-refractivity contribution is 8.18. The van der Waals surface area contributed by atoms with Crippen LogP contribution in [-0.4, -0.2) is 25.4 Å². The van der Waals surface area contributed by atoms with Gasteiger partial charge in [-0.05, 0) is 77.0 Å². The topological polar surface area (TPSA) is 105 Å². The highest BCUT2D eigenvalue weighted by atomic mass is 32.2. The Balaban J connectivity index is 1.22. The lowest BCUT2D eigenvalue weighted by atomic mass is 10.1. The summed E-state index contributed by atoms with van der Waals surface area (Å²) in [5.41, 5.74) is 3.07. The van der Waals surface area contributed by atoms with Crippen LogP contribution in [0.25, 0.3) is 16.8 Å². The maximum Gasteiger partial charge on any atom is 0.264 e. The minimum atomic E-state index is -3.93. The van der Waals surface area contributed by atoms with Gasteiger partial charge in [0, 0.05) is 0 Å². The number of rotatable bonds is 6. The van der Waals surface area contributed by atoms with E-state index in [1.54, 1.807) is 36.4 Å². The Hall–Kier alpha value is -4.21. The molecule has 0 spiro atoms. The molecule has 4 aromatic carbocycles. The van der Waals surface area contributed by atoms with Crippen molar-refractivity contribution < 1.29 is 18.0 Å². The third-order valence-electron chi connectivity index (χ3n) is 5.83. The Bertz CT molecular complexity index is 1710. The molecule has 7 nitrogen and oxygen atoms in total. The van der Waals surface area contributed by atoms with Crippen LogP contribution in [0.1, 0.15) is 16.7 Å². The molecule has 2 amide bonds. The molecule has 1 aliphatic heterocycles. The minimum Gasteiger partial charge on any atom is -0.300 e. The van der Waals surface area contributed by atoms with Crippen LogP contribution in [0.3, 0.4) is 0 Å². The van der Waals surface area contributed by atoms with Gasteiger partial charge < -0.3 is 5.32 Å². The van der Waals surface area contributed by atoms with Gasteiger partial charge in [-0.15, -0.1) is 0 Å². The lowest BCUT2D eigenvalue weighted by molar-refractivity contribution is -0.118. The number of aryl methyl sites for hydroxylation is 1. The second kappa shape index (κ2) is 10.6. The van der Waals surface area contributed by atoms with E-state index in [-0.39, 0.29) is 17.2 Å². The molecule has 0 bridgehead atoms. The van der Waals surface area contributed by atoms with Crippen LogP contribution in [0.15, 0.2) is 106 Å². The highest BCUT2D eigenvalue weighted by Crippen LogP contribution is 2.29. The van der Waals surface area contributed by atoms with Crippen LogP contribution < -0.4 is 10.0 Å². The van der Waals surface area contributed by atoms with Crippen molar-refractivity contribution in [2.75, 3.05) is 0 Å². The maximum atomic E-state index is 12.5. The number of fused-ring (bicyclic) bond motifs is 1. The van der Waals surface area contributed by atoms with E-state index in [1.165, 1.54) is 23.9 Å². The van der Waals surface area contributed by atoms with E-state index < -0.39 is 15.9 Å². The average Bonchev–Trinajstić information content (AvgIpc) is 3.23. The molecule has 9 heteroatoms. The molecule has 0 saturated carbocycles. The molecule has 0 aromatic heterocycles. The van der Waals surface area contributed by atoms with E-state index in [1.807, 2.05) is 55.5 Å². The molecule has 0 aliphatic carbocycles. The fraction of sp³-hybridized carbons (Fsp3) is 0.0690. The van der Waals surface area contributed by atoms with Gasteiger partial charge in [-0.2, -0.15) is 0 Å². The summed E-state index contributed by atoms with van der Waals surface area (Å²) in [5, 5.41) is 5.46. The van der Waals surface area contributed by atoms with Crippen LogP contribution in [0.4, 0.5) is 5.69 Å². The molecule has 38 heavy (non-hydrogen) atoms. The number of amides is 2. The van der Waals surface area contributed by atoms with Gasteiger partial charge in [0.05, 0.1) is 21.9 Å². The SMILES string of the molecule is Cc1ccc(S(=O)(=O)NC(=O)Cc2ccc(N=C3NC(=O)/C(=C\c4ccc5ccccc5c4)S3)cc2)cc1. The quantitative estimate of drug-likeness (QED) is 0.331. The first-order chi connectivity index (χ1) is 18.2. The number of sulfonamides is 1. The molecular weight excluding hydrogens is 518 g/mol. The summed E-state index contributed by atoms with van der Waals surface area (Å²) in [5.74, 6) is -0.850. The summed E-state index contributed by atoms with van der Waals surface area (Å²) in [6.45, 7) is 1.85. The molecule has 0 unspecified atom stereocenters. The molecule has 1 fully saturated rings. The first-order valence-electron chi connectivity index (χ1n) is 11.7. The largest absolute Gasteiger partial charge is 0.300 e. The second-order valence-corrected chi connectivity index (χ2v) is 11.5. The fourth-order valence-electron chi connectivity index (χ4n) is 3.88. The molecule has 4 aromatic rings. The summed E-state index contributed by atoms with van der Waals surface area (Å²) in [7, 11) is -3.93. The molecule has 5 rings (SSSR count). The van der Waals surface area contributed by atoms with E-state index in [0.717, 1.165) is 21.9 Å². The number of amidine groups is 1. The van der Waals surface area contributed by atoms with Crippen molar-refractivity contribution in [3.63, 3.8) is 0 Å². The second-order valence-electron chi connectivity index (χ2n) is 8.77. The number of carbonyl (C=O) groups is 2. The van der Waals surface area contributed by atoms with Crippen LogP contribution in [0.2, 0.25) is 0 Å². The summed E-state index contributed by atoms with van der Waals surface area (Å²) in [4.78, 5) is 29.9. The molecule has 2 N–H and O–H groups in total. The summed E-state index contributed by atoms with van der Waals surface area (Å²) < 4.78 is 27.0. The van der Waals surface area contributed by atoms with Gasteiger partial charge in [0.25, 0.3) is 15.9 Å². The molecular formula is C29H23N3O4S2. The Labute approximate surface area is 224 Å². The van der Waals surface area contributed by atoms with Gasteiger partial charge in [0.1, 0.15) is 0 Å². The van der Waals surface area contributed by atoms with Gasteiger partial charge >= 0.3 is 0 Å². The Morgan fingerprint density at radius 1 is 0.947 bits per heavy atom. The van der Waals surface area contributed by atoms with E-state index in [9.17, 15) is 18.0 Å². The molecule has 1 saturated heterocycles. The number of carbonyl (C=O) groups excluding carboxylic acids is 2. The van der Waals surface area contributed by atoms with E-state index in [0.29, 0.717) is 21.3 Å². The number of aliphatic imine (C=N–C) groups is 1. The predicted octanol–water partition coefficient (Wildman–Crippen LogP) is 5.09. The van der Waals surface area contributed by atoms with Crippen molar-refractivity contribution in [3.05, 3.63) is 113 Å². The Morgan fingerprint density at radius 3 is 2.39 bits per heavy atom. The smallest absolute Gasteiger partial charge is 0.264 e. The predicted molar refractivity (Wildman–Crippen MR) is 151 cm³/mol. The molecule has 1 heterocycles. The number of nitrogens with zero attached hydrogens (tertiary/aromatic N) is 1. The first kappa shape index (κ1) is 25.4. The van der Waals surface area contributed by atoms with Crippen molar-refractivity contribution in [2.45, 2.75) is 18.2 Å². The van der Waals surface area contributed by atoms with Crippen molar-refractivity contribution in [1.82, 2.24) is 10.0 Å². The molecule has 1 aliphatic rings. The lowest BCUT2D eigenvalue weighted by Crippen LogP contribution is -2.31. The first-order valence-corrected chi connectivity index (χ1v) is 14.0. The van der Waals surface area contributed by atoms with Crippen molar-refractivity contribution in [2.24, 2.45) is 4.99 Å². The summed E-state index contributed by atoms with van der Waals surface area (Å²) in [6.07, 6.45) is 1.73. The highest BCUT2D eigenvalue weighted by Gasteiger charge is 2.24. The summed E-state index contributed by atoms with van der Waals surface area (Å²) in [6, 6.07) is 27.1. The van der Waals surface area contributed by atoms with Crippen LogP contribution in [0.5, 0.6) is 0 Å². The van der Waals surface area contributed by atoms with Crippen molar-refractivity contribution in [3.8, 4) is 0 Å². The van der Waals surface area contributed by atoms with E-state index >= 15 is 0 Å². The lowest BCUT2D eigenvalue weighted by Gasteiger charge is -2.07. The van der Waals surface area contributed by atoms with Gasteiger partial charge in [0.15, 0.2) is 5.17 Å². The van der Waals surface area contributed by atoms with Gasteiger partial charge in [-0.25, -0.2) is 18.1 Å². The molecule has 0 atom stereocenters. The number of benzene rings is 4. The van der Waals surface area contributed by atoms with E-state index in [4.69, 9.17) is 0 Å². The van der Waals surface area contributed by atoms with Crippen LogP contribution in [-0.2, 0) is 26.0 Å².